The van der Waals surface area contributed by atoms with Gasteiger partial charge in [-0.1, -0.05) is 60.0 Å². The van der Waals surface area contributed by atoms with E-state index in [0.29, 0.717) is 0 Å². The fourth-order valence-corrected chi connectivity index (χ4v) is 3.88. The second kappa shape index (κ2) is 7.40. The van der Waals surface area contributed by atoms with Crippen molar-refractivity contribution in [3.8, 4) is 0 Å². The summed E-state index contributed by atoms with van der Waals surface area (Å²) in [5, 5.41) is 9.78. The van der Waals surface area contributed by atoms with E-state index < -0.39 is 12.0 Å². The second-order valence-corrected chi connectivity index (χ2v) is 7.26. The number of benzene rings is 2. The molecule has 0 radical (unpaired) electrons. The highest BCUT2D eigenvalue weighted by atomic mass is 16.4. The minimum absolute atomic E-state index is 0.0121. The van der Waals surface area contributed by atoms with Crippen molar-refractivity contribution in [3.05, 3.63) is 70.3 Å². The Hall–Kier alpha value is -2.13. The van der Waals surface area contributed by atoms with Gasteiger partial charge in [-0.3, -0.25) is 9.69 Å². The number of likely N-dealkylation sites (tertiary alicyclic amines) is 1. The summed E-state index contributed by atoms with van der Waals surface area (Å²) in [6.07, 6.45) is 2.76. The summed E-state index contributed by atoms with van der Waals surface area (Å²) in [7, 11) is 0. The number of hydrogen-bond acceptors (Lipinski definition) is 2. The molecule has 1 N–H and O–H groups in total. The summed E-state index contributed by atoms with van der Waals surface area (Å²) in [5.41, 5.74) is 6.04. The molecule has 1 saturated heterocycles. The zero-order valence-corrected chi connectivity index (χ0v) is 15.3. The number of rotatable bonds is 4. The van der Waals surface area contributed by atoms with Gasteiger partial charge in [0.15, 0.2) is 0 Å². The quantitative estimate of drug-likeness (QED) is 0.883. The number of aliphatic carboxylic acids is 1. The normalized spacial score (nSPS) is 19.6. The monoisotopic (exact) mass is 337 g/mol. The lowest BCUT2D eigenvalue weighted by molar-refractivity contribution is -0.145. The molecular weight excluding hydrogens is 310 g/mol. The maximum absolute atomic E-state index is 11.9. The molecule has 3 rings (SSSR count). The molecule has 132 valence electrons. The first kappa shape index (κ1) is 17.7. The first-order valence-corrected chi connectivity index (χ1v) is 9.09. The lowest BCUT2D eigenvalue weighted by Gasteiger charge is -2.40. The summed E-state index contributed by atoms with van der Waals surface area (Å²) in [6.45, 7) is 7.12. The molecule has 25 heavy (non-hydrogen) atoms. The van der Waals surface area contributed by atoms with E-state index in [-0.39, 0.29) is 6.04 Å². The first-order valence-electron chi connectivity index (χ1n) is 9.09. The van der Waals surface area contributed by atoms with Gasteiger partial charge in [0.25, 0.3) is 0 Å². The maximum atomic E-state index is 11.9. The van der Waals surface area contributed by atoms with E-state index in [2.05, 4.69) is 68.1 Å². The predicted molar refractivity (Wildman–Crippen MR) is 101 cm³/mol. The number of piperidine rings is 1. The largest absolute Gasteiger partial charge is 0.480 e. The summed E-state index contributed by atoms with van der Waals surface area (Å²) in [6, 6.07) is 14.6. The van der Waals surface area contributed by atoms with Crippen LogP contribution in [0, 0.1) is 20.8 Å². The Kier molecular flexibility index (Phi) is 5.24. The third-order valence-electron chi connectivity index (χ3n) is 5.28. The van der Waals surface area contributed by atoms with Crippen LogP contribution in [-0.4, -0.2) is 28.6 Å². The van der Waals surface area contributed by atoms with Gasteiger partial charge in [-0.25, -0.2) is 0 Å². The van der Waals surface area contributed by atoms with Crippen molar-refractivity contribution in [2.24, 2.45) is 0 Å². The molecule has 0 aromatic heterocycles. The number of nitrogens with zero attached hydrogens (tertiary/aromatic N) is 1. The molecule has 2 aromatic carbocycles. The number of carboxylic acids is 1. The van der Waals surface area contributed by atoms with E-state index in [1.54, 1.807) is 0 Å². The Labute approximate surface area is 150 Å². The lowest BCUT2D eigenvalue weighted by atomic mass is 9.88. The molecule has 0 aliphatic carbocycles. The van der Waals surface area contributed by atoms with Crippen molar-refractivity contribution in [2.75, 3.05) is 6.54 Å². The number of carboxylic acid groups (broad SMARTS) is 1. The molecule has 0 spiro atoms. The third kappa shape index (κ3) is 3.77. The molecule has 0 saturated carbocycles. The zero-order valence-electron chi connectivity index (χ0n) is 15.3. The first-order chi connectivity index (χ1) is 12.0. The van der Waals surface area contributed by atoms with Crippen LogP contribution in [0.1, 0.15) is 53.1 Å². The lowest BCUT2D eigenvalue weighted by Crippen LogP contribution is -2.47. The number of aryl methyl sites for hydroxylation is 3. The van der Waals surface area contributed by atoms with E-state index in [1.165, 1.54) is 27.8 Å². The van der Waals surface area contributed by atoms with Gasteiger partial charge in [-0.2, -0.15) is 0 Å². The van der Waals surface area contributed by atoms with E-state index in [9.17, 15) is 9.90 Å². The molecule has 1 aliphatic heterocycles. The topological polar surface area (TPSA) is 40.5 Å². The molecule has 1 heterocycles. The predicted octanol–water partition coefficient (Wildman–Crippen LogP) is 4.64. The van der Waals surface area contributed by atoms with E-state index in [1.807, 2.05) is 0 Å². The van der Waals surface area contributed by atoms with Crippen LogP contribution < -0.4 is 0 Å². The van der Waals surface area contributed by atoms with Gasteiger partial charge in [0.2, 0.25) is 0 Å². The van der Waals surface area contributed by atoms with Gasteiger partial charge in [-0.05, 0) is 56.8 Å². The fraction of sp³-hybridized carbons (Fsp3) is 0.409. The van der Waals surface area contributed by atoms with Gasteiger partial charge < -0.3 is 5.11 Å². The molecule has 3 heteroatoms. The van der Waals surface area contributed by atoms with E-state index in [4.69, 9.17) is 0 Å². The molecule has 3 nitrogen and oxygen atoms in total. The Bertz CT molecular complexity index is 751. The average Bonchev–Trinajstić information content (AvgIpc) is 2.60. The number of carbonyl (C=O) groups is 1. The summed E-state index contributed by atoms with van der Waals surface area (Å²) >= 11 is 0. The maximum Gasteiger partial charge on any atom is 0.320 e. The van der Waals surface area contributed by atoms with Crippen LogP contribution in [0.25, 0.3) is 0 Å². The number of hydrogen-bond donors (Lipinski definition) is 1. The standard InChI is InChI=1S/C22H27NO2/c1-15-8-11-18(12-9-15)21(19-14-16(2)7-10-17(19)3)23-13-5-4-6-20(23)22(24)25/h7-12,14,20-21H,4-6,13H2,1-3H3,(H,24,25). The fourth-order valence-electron chi connectivity index (χ4n) is 3.88. The van der Waals surface area contributed by atoms with Crippen LogP contribution in [0.3, 0.4) is 0 Å². The van der Waals surface area contributed by atoms with Gasteiger partial charge in [0.05, 0.1) is 6.04 Å². The Morgan fingerprint density at radius 3 is 2.40 bits per heavy atom. The SMILES string of the molecule is Cc1ccc(C(c2cc(C)ccc2C)N2CCCCC2C(=O)O)cc1. The van der Waals surface area contributed by atoms with Crippen molar-refractivity contribution in [2.45, 2.75) is 52.1 Å². The zero-order chi connectivity index (χ0) is 18.0. The van der Waals surface area contributed by atoms with Crippen LogP contribution in [-0.2, 0) is 4.79 Å². The van der Waals surface area contributed by atoms with Gasteiger partial charge in [0.1, 0.15) is 6.04 Å². The summed E-state index contributed by atoms with van der Waals surface area (Å²) in [4.78, 5) is 14.1. The molecule has 1 aliphatic rings. The van der Waals surface area contributed by atoms with Crippen LogP contribution in [0.15, 0.2) is 42.5 Å². The van der Waals surface area contributed by atoms with Crippen molar-refractivity contribution >= 4 is 5.97 Å². The molecule has 0 amide bonds. The molecule has 2 atom stereocenters. The summed E-state index contributed by atoms with van der Waals surface area (Å²) < 4.78 is 0. The van der Waals surface area contributed by atoms with E-state index >= 15 is 0 Å². The van der Waals surface area contributed by atoms with Crippen LogP contribution in [0.2, 0.25) is 0 Å². The van der Waals surface area contributed by atoms with Crippen LogP contribution in [0.4, 0.5) is 0 Å². The highest BCUT2D eigenvalue weighted by molar-refractivity contribution is 5.73. The van der Waals surface area contributed by atoms with Crippen molar-refractivity contribution in [1.82, 2.24) is 4.90 Å². The highest BCUT2D eigenvalue weighted by Crippen LogP contribution is 2.36. The van der Waals surface area contributed by atoms with Crippen molar-refractivity contribution in [1.29, 1.82) is 0 Å². The Morgan fingerprint density at radius 1 is 1.04 bits per heavy atom. The van der Waals surface area contributed by atoms with Crippen LogP contribution in [0.5, 0.6) is 0 Å². The highest BCUT2D eigenvalue weighted by Gasteiger charge is 2.35. The average molecular weight is 337 g/mol. The van der Waals surface area contributed by atoms with Crippen molar-refractivity contribution < 1.29 is 9.90 Å². The molecule has 2 unspecified atom stereocenters. The summed E-state index contributed by atoms with van der Waals surface area (Å²) in [5.74, 6) is -0.706. The Morgan fingerprint density at radius 2 is 1.72 bits per heavy atom. The van der Waals surface area contributed by atoms with E-state index in [0.717, 1.165) is 25.8 Å². The minimum Gasteiger partial charge on any atom is -0.480 e. The van der Waals surface area contributed by atoms with Gasteiger partial charge >= 0.3 is 5.97 Å². The Balaban J connectivity index is 2.12. The van der Waals surface area contributed by atoms with Gasteiger partial charge in [-0.15, -0.1) is 0 Å². The minimum atomic E-state index is -0.706. The van der Waals surface area contributed by atoms with Crippen molar-refractivity contribution in [3.63, 3.8) is 0 Å². The molecule has 2 aromatic rings. The molecule has 1 fully saturated rings. The smallest absolute Gasteiger partial charge is 0.320 e. The third-order valence-corrected chi connectivity index (χ3v) is 5.28. The van der Waals surface area contributed by atoms with Gasteiger partial charge in [0, 0.05) is 0 Å². The molecular formula is C22H27NO2. The van der Waals surface area contributed by atoms with Crippen LogP contribution >= 0.6 is 0 Å². The second-order valence-electron chi connectivity index (χ2n) is 7.26. The molecule has 0 bridgehead atoms.